The minimum absolute atomic E-state index is 0.0610. The number of piperidine rings is 1. The SMILES string of the molecule is Cc1ccccc1COc1ccccc1C(=O)NCCC1CCCNC1. The predicted octanol–water partition coefficient (Wildman–Crippen LogP) is 3.69. The first-order valence-corrected chi connectivity index (χ1v) is 9.49. The van der Waals surface area contributed by atoms with Crippen molar-refractivity contribution in [1.29, 1.82) is 0 Å². The third kappa shape index (κ3) is 5.09. The molecule has 4 heteroatoms. The lowest BCUT2D eigenvalue weighted by Gasteiger charge is -2.22. The van der Waals surface area contributed by atoms with Crippen molar-refractivity contribution in [3.63, 3.8) is 0 Å². The molecular formula is C22H28N2O2. The molecule has 0 spiro atoms. The van der Waals surface area contributed by atoms with Crippen LogP contribution in [0.5, 0.6) is 5.75 Å². The fraction of sp³-hybridized carbons (Fsp3) is 0.409. The van der Waals surface area contributed by atoms with Crippen LogP contribution in [0.4, 0.5) is 0 Å². The van der Waals surface area contributed by atoms with Gasteiger partial charge in [-0.15, -0.1) is 0 Å². The summed E-state index contributed by atoms with van der Waals surface area (Å²) in [7, 11) is 0. The van der Waals surface area contributed by atoms with Crippen LogP contribution >= 0.6 is 0 Å². The lowest BCUT2D eigenvalue weighted by atomic mass is 9.96. The largest absolute Gasteiger partial charge is 0.488 e. The lowest BCUT2D eigenvalue weighted by molar-refractivity contribution is 0.0946. The maximum atomic E-state index is 12.6. The highest BCUT2D eigenvalue weighted by Crippen LogP contribution is 2.20. The van der Waals surface area contributed by atoms with Crippen LogP contribution in [-0.4, -0.2) is 25.5 Å². The van der Waals surface area contributed by atoms with E-state index in [9.17, 15) is 4.79 Å². The van der Waals surface area contributed by atoms with Crippen molar-refractivity contribution in [2.24, 2.45) is 5.92 Å². The van der Waals surface area contributed by atoms with Gasteiger partial charge in [0.05, 0.1) is 5.56 Å². The molecule has 3 rings (SSSR count). The molecule has 0 radical (unpaired) electrons. The fourth-order valence-corrected chi connectivity index (χ4v) is 3.36. The zero-order valence-corrected chi connectivity index (χ0v) is 15.5. The number of benzene rings is 2. The molecule has 1 aliphatic rings. The lowest BCUT2D eigenvalue weighted by Crippen LogP contribution is -2.33. The van der Waals surface area contributed by atoms with Gasteiger partial charge < -0.3 is 15.4 Å². The highest BCUT2D eigenvalue weighted by Gasteiger charge is 2.15. The molecule has 0 bridgehead atoms. The summed E-state index contributed by atoms with van der Waals surface area (Å²) in [6.45, 7) is 5.42. The summed E-state index contributed by atoms with van der Waals surface area (Å²) in [5, 5.41) is 6.47. The number of carbonyl (C=O) groups is 1. The number of rotatable bonds is 7. The molecule has 1 heterocycles. The Morgan fingerprint density at radius 3 is 2.81 bits per heavy atom. The second-order valence-corrected chi connectivity index (χ2v) is 6.97. The Kier molecular flexibility index (Phi) is 6.67. The Labute approximate surface area is 156 Å². The van der Waals surface area contributed by atoms with Gasteiger partial charge in [0.25, 0.3) is 5.91 Å². The summed E-state index contributed by atoms with van der Waals surface area (Å²) < 4.78 is 5.95. The summed E-state index contributed by atoms with van der Waals surface area (Å²) in [5.74, 6) is 1.23. The van der Waals surface area contributed by atoms with Gasteiger partial charge in [-0.2, -0.15) is 0 Å². The van der Waals surface area contributed by atoms with Crippen LogP contribution in [0.25, 0.3) is 0 Å². The molecule has 1 aliphatic heterocycles. The van der Waals surface area contributed by atoms with Crippen LogP contribution in [-0.2, 0) is 6.61 Å². The molecule has 1 atom stereocenters. The van der Waals surface area contributed by atoms with E-state index >= 15 is 0 Å². The predicted molar refractivity (Wildman–Crippen MR) is 104 cm³/mol. The molecule has 0 saturated carbocycles. The van der Waals surface area contributed by atoms with E-state index in [1.807, 2.05) is 36.4 Å². The average Bonchev–Trinajstić information content (AvgIpc) is 2.68. The molecule has 0 aliphatic carbocycles. The van der Waals surface area contributed by atoms with Crippen molar-refractivity contribution in [2.45, 2.75) is 32.8 Å². The van der Waals surface area contributed by atoms with Gasteiger partial charge in [0, 0.05) is 6.54 Å². The van der Waals surface area contributed by atoms with Gasteiger partial charge in [-0.3, -0.25) is 4.79 Å². The highest BCUT2D eigenvalue weighted by molar-refractivity contribution is 5.96. The molecule has 2 aromatic rings. The third-order valence-corrected chi connectivity index (χ3v) is 5.01. The van der Waals surface area contributed by atoms with Gasteiger partial charge in [0.2, 0.25) is 0 Å². The van der Waals surface area contributed by atoms with E-state index in [0.717, 1.165) is 25.1 Å². The molecule has 2 N–H and O–H groups in total. The molecule has 1 unspecified atom stereocenters. The summed E-state index contributed by atoms with van der Waals surface area (Å²) in [6, 6.07) is 15.6. The van der Waals surface area contributed by atoms with E-state index in [1.54, 1.807) is 0 Å². The molecule has 2 aromatic carbocycles. The maximum Gasteiger partial charge on any atom is 0.255 e. The third-order valence-electron chi connectivity index (χ3n) is 5.01. The Hall–Kier alpha value is -2.33. The van der Waals surface area contributed by atoms with E-state index in [4.69, 9.17) is 4.74 Å². The number of hydrogen-bond acceptors (Lipinski definition) is 3. The zero-order chi connectivity index (χ0) is 18.2. The number of carbonyl (C=O) groups excluding carboxylic acids is 1. The molecule has 0 aromatic heterocycles. The second-order valence-electron chi connectivity index (χ2n) is 6.97. The molecule has 26 heavy (non-hydrogen) atoms. The second kappa shape index (κ2) is 9.39. The van der Waals surface area contributed by atoms with Crippen LogP contribution < -0.4 is 15.4 Å². The van der Waals surface area contributed by atoms with Gasteiger partial charge >= 0.3 is 0 Å². The van der Waals surface area contributed by atoms with E-state index in [0.29, 0.717) is 30.4 Å². The van der Waals surface area contributed by atoms with Gasteiger partial charge in [-0.05, 0) is 68.5 Å². The number of amides is 1. The monoisotopic (exact) mass is 352 g/mol. The van der Waals surface area contributed by atoms with Crippen LogP contribution in [0.15, 0.2) is 48.5 Å². The van der Waals surface area contributed by atoms with Crippen molar-refractivity contribution in [1.82, 2.24) is 10.6 Å². The molecule has 1 saturated heterocycles. The number of hydrogen-bond donors (Lipinski definition) is 2. The Bertz CT molecular complexity index is 724. The van der Waals surface area contributed by atoms with Crippen molar-refractivity contribution < 1.29 is 9.53 Å². The van der Waals surface area contributed by atoms with E-state index in [-0.39, 0.29) is 5.91 Å². The van der Waals surface area contributed by atoms with Gasteiger partial charge in [-0.1, -0.05) is 36.4 Å². The standard InChI is InChI=1S/C22H28N2O2/c1-17-7-2-3-9-19(17)16-26-21-11-5-4-10-20(21)22(25)24-14-12-18-8-6-13-23-15-18/h2-5,7,9-11,18,23H,6,8,12-16H2,1H3,(H,24,25). The first-order chi connectivity index (χ1) is 12.7. The van der Waals surface area contributed by atoms with E-state index in [2.05, 4.69) is 29.7 Å². The van der Waals surface area contributed by atoms with Crippen molar-refractivity contribution in [3.8, 4) is 5.75 Å². The Morgan fingerprint density at radius 1 is 1.19 bits per heavy atom. The summed E-state index contributed by atoms with van der Waals surface area (Å²) >= 11 is 0. The quantitative estimate of drug-likeness (QED) is 0.799. The fourth-order valence-electron chi connectivity index (χ4n) is 3.36. The van der Waals surface area contributed by atoms with Crippen LogP contribution in [0.1, 0.15) is 40.7 Å². The zero-order valence-electron chi connectivity index (χ0n) is 15.5. The first-order valence-electron chi connectivity index (χ1n) is 9.49. The van der Waals surface area contributed by atoms with Crippen molar-refractivity contribution in [2.75, 3.05) is 19.6 Å². The van der Waals surface area contributed by atoms with Crippen LogP contribution in [0.2, 0.25) is 0 Å². The summed E-state index contributed by atoms with van der Waals surface area (Å²) in [4.78, 5) is 12.6. The van der Waals surface area contributed by atoms with E-state index < -0.39 is 0 Å². The summed E-state index contributed by atoms with van der Waals surface area (Å²) in [5.41, 5.74) is 2.92. The van der Waals surface area contributed by atoms with E-state index in [1.165, 1.54) is 18.4 Å². The minimum atomic E-state index is -0.0610. The highest BCUT2D eigenvalue weighted by atomic mass is 16.5. The van der Waals surface area contributed by atoms with Gasteiger partial charge in [-0.25, -0.2) is 0 Å². The maximum absolute atomic E-state index is 12.6. The molecular weight excluding hydrogens is 324 g/mol. The average molecular weight is 352 g/mol. The van der Waals surface area contributed by atoms with Crippen molar-refractivity contribution >= 4 is 5.91 Å². The van der Waals surface area contributed by atoms with Crippen molar-refractivity contribution in [3.05, 3.63) is 65.2 Å². The van der Waals surface area contributed by atoms with Crippen LogP contribution in [0.3, 0.4) is 0 Å². The number of aryl methyl sites for hydroxylation is 1. The Morgan fingerprint density at radius 2 is 2.00 bits per heavy atom. The smallest absolute Gasteiger partial charge is 0.255 e. The number of para-hydroxylation sites is 1. The topological polar surface area (TPSA) is 50.4 Å². The Balaban J connectivity index is 1.55. The molecule has 1 fully saturated rings. The van der Waals surface area contributed by atoms with Gasteiger partial charge in [0.15, 0.2) is 0 Å². The van der Waals surface area contributed by atoms with Gasteiger partial charge in [0.1, 0.15) is 12.4 Å². The number of nitrogens with one attached hydrogen (secondary N) is 2. The summed E-state index contributed by atoms with van der Waals surface area (Å²) in [6.07, 6.45) is 3.50. The normalized spacial score (nSPS) is 16.9. The first kappa shape index (κ1) is 18.5. The minimum Gasteiger partial charge on any atom is -0.488 e. The molecule has 138 valence electrons. The number of ether oxygens (including phenoxy) is 1. The van der Waals surface area contributed by atoms with Crippen LogP contribution in [0, 0.1) is 12.8 Å². The molecule has 1 amide bonds. The molecule has 4 nitrogen and oxygen atoms in total.